The molecule has 0 aromatic heterocycles. The lowest BCUT2D eigenvalue weighted by Gasteiger charge is -2.06. The fourth-order valence-corrected chi connectivity index (χ4v) is 1.45. The Bertz CT molecular complexity index is 440. The SMILES string of the molecule is C=CCCC(=O)NCc1cccc(C(=O)OC)c1. The van der Waals surface area contributed by atoms with Crippen LogP contribution in [0.15, 0.2) is 36.9 Å². The third-order valence-electron chi connectivity index (χ3n) is 2.41. The number of methoxy groups -OCH3 is 1. The van der Waals surface area contributed by atoms with Crippen LogP contribution in [0.4, 0.5) is 0 Å². The van der Waals surface area contributed by atoms with E-state index < -0.39 is 0 Å². The molecule has 0 atom stereocenters. The van der Waals surface area contributed by atoms with Gasteiger partial charge in [0.15, 0.2) is 0 Å². The maximum Gasteiger partial charge on any atom is 0.337 e. The molecule has 0 unspecified atom stereocenters. The first-order valence-electron chi connectivity index (χ1n) is 5.72. The maximum absolute atomic E-state index is 11.4. The average molecular weight is 247 g/mol. The summed E-state index contributed by atoms with van der Waals surface area (Å²) in [5.41, 5.74) is 1.35. The van der Waals surface area contributed by atoms with Crippen molar-refractivity contribution in [2.75, 3.05) is 7.11 Å². The molecule has 96 valence electrons. The molecule has 0 aliphatic carbocycles. The minimum atomic E-state index is -0.380. The van der Waals surface area contributed by atoms with E-state index in [4.69, 9.17) is 0 Å². The third kappa shape index (κ3) is 4.41. The Morgan fingerprint density at radius 2 is 2.22 bits per heavy atom. The van der Waals surface area contributed by atoms with Crippen LogP contribution in [0.5, 0.6) is 0 Å². The summed E-state index contributed by atoms with van der Waals surface area (Å²) < 4.78 is 4.63. The largest absolute Gasteiger partial charge is 0.465 e. The molecule has 0 saturated carbocycles. The van der Waals surface area contributed by atoms with Gasteiger partial charge in [0.1, 0.15) is 0 Å². The molecule has 0 spiro atoms. The van der Waals surface area contributed by atoms with Crippen molar-refractivity contribution in [3.63, 3.8) is 0 Å². The second kappa shape index (κ2) is 7.27. The molecular weight excluding hydrogens is 230 g/mol. The fourth-order valence-electron chi connectivity index (χ4n) is 1.45. The van der Waals surface area contributed by atoms with E-state index in [1.165, 1.54) is 7.11 Å². The van der Waals surface area contributed by atoms with E-state index in [-0.39, 0.29) is 11.9 Å². The Balaban J connectivity index is 2.54. The molecule has 1 amide bonds. The van der Waals surface area contributed by atoms with Crippen LogP contribution in [0.3, 0.4) is 0 Å². The lowest BCUT2D eigenvalue weighted by Crippen LogP contribution is -2.22. The molecule has 0 heterocycles. The highest BCUT2D eigenvalue weighted by molar-refractivity contribution is 5.89. The number of allylic oxidation sites excluding steroid dienone is 1. The molecule has 0 fully saturated rings. The molecule has 1 rings (SSSR count). The molecule has 0 aliphatic heterocycles. The number of carbonyl (C=O) groups excluding carboxylic acids is 2. The first-order valence-corrected chi connectivity index (χ1v) is 5.72. The standard InChI is InChI=1S/C14H17NO3/c1-3-4-8-13(16)15-10-11-6-5-7-12(9-11)14(17)18-2/h3,5-7,9H,1,4,8,10H2,2H3,(H,15,16). The van der Waals surface area contributed by atoms with E-state index in [1.54, 1.807) is 24.3 Å². The highest BCUT2D eigenvalue weighted by Crippen LogP contribution is 2.06. The highest BCUT2D eigenvalue weighted by atomic mass is 16.5. The lowest BCUT2D eigenvalue weighted by molar-refractivity contribution is -0.121. The van der Waals surface area contributed by atoms with Crippen molar-refractivity contribution < 1.29 is 14.3 Å². The zero-order valence-corrected chi connectivity index (χ0v) is 10.4. The van der Waals surface area contributed by atoms with Crippen molar-refractivity contribution >= 4 is 11.9 Å². The van der Waals surface area contributed by atoms with Crippen LogP contribution in [0, 0.1) is 0 Å². The Hall–Kier alpha value is -2.10. The Morgan fingerprint density at radius 3 is 2.89 bits per heavy atom. The summed E-state index contributed by atoms with van der Waals surface area (Å²) in [5, 5.41) is 2.78. The van der Waals surface area contributed by atoms with Crippen molar-refractivity contribution in [3.8, 4) is 0 Å². The predicted molar refractivity (Wildman–Crippen MR) is 69.1 cm³/mol. The van der Waals surface area contributed by atoms with E-state index in [0.29, 0.717) is 24.9 Å². The fraction of sp³-hybridized carbons (Fsp3) is 0.286. The van der Waals surface area contributed by atoms with Crippen LogP contribution in [0.25, 0.3) is 0 Å². The molecule has 1 N–H and O–H groups in total. The second-order valence-corrected chi connectivity index (χ2v) is 3.80. The van der Waals surface area contributed by atoms with Crippen molar-refractivity contribution in [1.82, 2.24) is 5.32 Å². The van der Waals surface area contributed by atoms with E-state index in [2.05, 4.69) is 16.6 Å². The molecule has 0 saturated heterocycles. The number of ether oxygens (including phenoxy) is 1. The van der Waals surface area contributed by atoms with Gasteiger partial charge in [-0.15, -0.1) is 6.58 Å². The molecule has 0 aliphatic rings. The van der Waals surface area contributed by atoms with Gasteiger partial charge < -0.3 is 10.1 Å². The first kappa shape index (κ1) is 14.0. The van der Waals surface area contributed by atoms with Gasteiger partial charge in [0.2, 0.25) is 5.91 Å². The van der Waals surface area contributed by atoms with Gasteiger partial charge in [-0.05, 0) is 24.1 Å². The topological polar surface area (TPSA) is 55.4 Å². The second-order valence-electron chi connectivity index (χ2n) is 3.80. The van der Waals surface area contributed by atoms with Crippen molar-refractivity contribution in [1.29, 1.82) is 0 Å². The Morgan fingerprint density at radius 1 is 1.44 bits per heavy atom. The summed E-state index contributed by atoms with van der Waals surface area (Å²) >= 11 is 0. The molecule has 0 bridgehead atoms. The van der Waals surface area contributed by atoms with E-state index in [1.807, 2.05) is 6.07 Å². The number of benzene rings is 1. The van der Waals surface area contributed by atoms with Crippen LogP contribution in [-0.2, 0) is 16.1 Å². The minimum Gasteiger partial charge on any atom is -0.465 e. The quantitative estimate of drug-likeness (QED) is 0.618. The number of carbonyl (C=O) groups is 2. The zero-order chi connectivity index (χ0) is 13.4. The maximum atomic E-state index is 11.4. The van der Waals surface area contributed by atoms with Gasteiger partial charge in [0, 0.05) is 13.0 Å². The molecule has 1 aromatic rings. The van der Waals surface area contributed by atoms with Gasteiger partial charge in [0.25, 0.3) is 0 Å². The predicted octanol–water partition coefficient (Wildman–Crippen LogP) is 2.06. The average Bonchev–Trinajstić information content (AvgIpc) is 2.42. The summed E-state index contributed by atoms with van der Waals surface area (Å²) in [4.78, 5) is 22.7. The summed E-state index contributed by atoms with van der Waals surface area (Å²) in [7, 11) is 1.34. The molecule has 4 heteroatoms. The monoisotopic (exact) mass is 247 g/mol. The number of esters is 1. The van der Waals surface area contributed by atoms with Crippen molar-refractivity contribution in [2.24, 2.45) is 0 Å². The number of nitrogens with one attached hydrogen (secondary N) is 1. The van der Waals surface area contributed by atoms with Gasteiger partial charge in [-0.25, -0.2) is 4.79 Å². The number of hydrogen-bond acceptors (Lipinski definition) is 3. The molecule has 1 aromatic carbocycles. The summed E-state index contributed by atoms with van der Waals surface area (Å²) in [6.07, 6.45) is 2.80. The van der Waals surface area contributed by atoms with E-state index >= 15 is 0 Å². The number of rotatable bonds is 6. The van der Waals surface area contributed by atoms with Crippen LogP contribution in [0.1, 0.15) is 28.8 Å². The lowest BCUT2D eigenvalue weighted by atomic mass is 10.1. The highest BCUT2D eigenvalue weighted by Gasteiger charge is 2.06. The third-order valence-corrected chi connectivity index (χ3v) is 2.41. The number of amides is 1. The minimum absolute atomic E-state index is 0.0293. The zero-order valence-electron chi connectivity index (χ0n) is 10.4. The van der Waals surface area contributed by atoms with Crippen molar-refractivity contribution in [2.45, 2.75) is 19.4 Å². The van der Waals surface area contributed by atoms with Gasteiger partial charge in [-0.3, -0.25) is 4.79 Å². The molecule has 18 heavy (non-hydrogen) atoms. The van der Waals surface area contributed by atoms with Crippen LogP contribution in [-0.4, -0.2) is 19.0 Å². The van der Waals surface area contributed by atoms with Gasteiger partial charge >= 0.3 is 5.97 Å². The van der Waals surface area contributed by atoms with Crippen LogP contribution >= 0.6 is 0 Å². The van der Waals surface area contributed by atoms with Gasteiger partial charge in [0.05, 0.1) is 12.7 Å². The normalized spacial score (nSPS) is 9.61. The van der Waals surface area contributed by atoms with Crippen LogP contribution in [0.2, 0.25) is 0 Å². The summed E-state index contributed by atoms with van der Waals surface area (Å²) in [6.45, 7) is 3.96. The Labute approximate surface area is 107 Å². The molecular formula is C14H17NO3. The first-order chi connectivity index (χ1) is 8.67. The number of hydrogen-bond donors (Lipinski definition) is 1. The smallest absolute Gasteiger partial charge is 0.337 e. The molecule has 0 radical (unpaired) electrons. The van der Waals surface area contributed by atoms with Gasteiger partial charge in [-0.2, -0.15) is 0 Å². The Kier molecular flexibility index (Phi) is 5.64. The van der Waals surface area contributed by atoms with Crippen molar-refractivity contribution in [3.05, 3.63) is 48.0 Å². The van der Waals surface area contributed by atoms with Gasteiger partial charge in [-0.1, -0.05) is 18.2 Å². The van der Waals surface area contributed by atoms with E-state index in [0.717, 1.165) is 5.56 Å². The summed E-state index contributed by atoms with van der Waals surface area (Å²) in [5.74, 6) is -0.409. The van der Waals surface area contributed by atoms with E-state index in [9.17, 15) is 9.59 Å². The molecule has 4 nitrogen and oxygen atoms in total. The summed E-state index contributed by atoms with van der Waals surface area (Å²) in [6, 6.07) is 6.99. The van der Waals surface area contributed by atoms with Crippen LogP contribution < -0.4 is 5.32 Å².